The number of nitrogens with one attached hydrogen (secondary N) is 1. The summed E-state index contributed by atoms with van der Waals surface area (Å²) in [6.07, 6.45) is 3.63. The van der Waals surface area contributed by atoms with E-state index in [-0.39, 0.29) is 11.5 Å². The summed E-state index contributed by atoms with van der Waals surface area (Å²) in [6.45, 7) is 4.25. The first-order valence-corrected chi connectivity index (χ1v) is 8.96. The van der Waals surface area contributed by atoms with Gasteiger partial charge in [-0.05, 0) is 38.1 Å². The van der Waals surface area contributed by atoms with E-state index in [0.717, 1.165) is 16.6 Å². The molecule has 0 radical (unpaired) electrons. The molecule has 2 aromatic carbocycles. The molecule has 0 atom stereocenters. The largest absolute Gasteiger partial charge is 0.345 e. The molecular weight excluding hydrogens is 338 g/mol. The van der Waals surface area contributed by atoms with Crippen LogP contribution in [0.25, 0.3) is 21.7 Å². The number of hydrogen-bond donors (Lipinski definition) is 1. The Balaban J connectivity index is 1.80. The fourth-order valence-electron chi connectivity index (χ4n) is 3.53. The zero-order valence-corrected chi connectivity index (χ0v) is 15.6. The predicted octanol–water partition coefficient (Wildman–Crippen LogP) is 4.33. The maximum atomic E-state index is 13.0. The van der Waals surface area contributed by atoms with Gasteiger partial charge in [0, 0.05) is 41.6 Å². The maximum Gasteiger partial charge on any atom is 0.258 e. The molecule has 0 saturated carbocycles. The van der Waals surface area contributed by atoms with Crippen LogP contribution in [0.15, 0.2) is 65.7 Å². The highest BCUT2D eigenvalue weighted by Crippen LogP contribution is 2.27. The van der Waals surface area contributed by atoms with E-state index in [0.29, 0.717) is 22.4 Å². The predicted molar refractivity (Wildman–Crippen MR) is 109 cm³/mol. The summed E-state index contributed by atoms with van der Waals surface area (Å²) in [5.41, 5.74) is 2.20. The molecule has 0 aliphatic rings. The van der Waals surface area contributed by atoms with Gasteiger partial charge in [-0.2, -0.15) is 0 Å². The number of aromatic nitrogens is 2. The zero-order valence-electron chi connectivity index (χ0n) is 15.6. The average molecular weight is 359 g/mol. The summed E-state index contributed by atoms with van der Waals surface area (Å²) in [4.78, 5) is 25.4. The maximum absolute atomic E-state index is 13.0. The third-order valence-corrected chi connectivity index (χ3v) is 4.90. The first-order chi connectivity index (χ1) is 13.0. The van der Waals surface area contributed by atoms with Crippen LogP contribution in [-0.2, 0) is 7.05 Å². The summed E-state index contributed by atoms with van der Waals surface area (Å²) in [6, 6.07) is 15.4. The highest BCUT2D eigenvalue weighted by Gasteiger charge is 2.15. The first kappa shape index (κ1) is 17.1. The molecule has 4 aromatic rings. The number of nitrogens with zero attached hydrogens (tertiary/aromatic N) is 2. The average Bonchev–Trinajstić information content (AvgIpc) is 3.10. The molecule has 1 N–H and O–H groups in total. The van der Waals surface area contributed by atoms with Crippen LogP contribution < -0.4 is 10.9 Å². The van der Waals surface area contributed by atoms with Crippen molar-refractivity contribution < 1.29 is 4.79 Å². The SMILES string of the molecule is CC(C)n1ccc2c(NC(=O)c3cn(C)c(=O)c4ccccc34)cccc21. The number of rotatable bonds is 3. The molecule has 0 bridgehead atoms. The molecule has 136 valence electrons. The molecule has 5 heteroatoms. The molecule has 2 aromatic heterocycles. The van der Waals surface area contributed by atoms with Gasteiger partial charge in [-0.1, -0.05) is 24.3 Å². The van der Waals surface area contributed by atoms with Gasteiger partial charge in [-0.25, -0.2) is 0 Å². The summed E-state index contributed by atoms with van der Waals surface area (Å²) < 4.78 is 3.62. The molecule has 1 amide bonds. The van der Waals surface area contributed by atoms with Gasteiger partial charge in [0.15, 0.2) is 0 Å². The summed E-state index contributed by atoms with van der Waals surface area (Å²) in [7, 11) is 1.66. The number of fused-ring (bicyclic) bond motifs is 2. The standard InChI is InChI=1S/C22H21N3O2/c1-14(2)25-12-11-17-19(9-6-10-20(17)25)23-21(26)18-13-24(3)22(27)16-8-5-4-7-15(16)18/h4-14H,1-3H3,(H,23,26). The van der Waals surface area contributed by atoms with Crippen LogP contribution in [0.4, 0.5) is 5.69 Å². The molecule has 27 heavy (non-hydrogen) atoms. The number of benzene rings is 2. The fourth-order valence-corrected chi connectivity index (χ4v) is 3.53. The Morgan fingerprint density at radius 2 is 1.70 bits per heavy atom. The van der Waals surface area contributed by atoms with Gasteiger partial charge in [0.1, 0.15) is 0 Å². The third kappa shape index (κ3) is 2.81. The fraction of sp³-hybridized carbons (Fsp3) is 0.182. The normalized spacial score (nSPS) is 11.4. The van der Waals surface area contributed by atoms with Crippen molar-refractivity contribution in [2.45, 2.75) is 19.9 Å². The van der Waals surface area contributed by atoms with Gasteiger partial charge in [0.25, 0.3) is 11.5 Å². The van der Waals surface area contributed by atoms with Crippen molar-refractivity contribution >= 4 is 33.3 Å². The zero-order chi connectivity index (χ0) is 19.1. The number of carbonyl (C=O) groups excluding carboxylic acids is 1. The van der Waals surface area contributed by atoms with E-state index in [1.165, 1.54) is 4.57 Å². The second kappa shape index (κ2) is 6.43. The Morgan fingerprint density at radius 3 is 2.44 bits per heavy atom. The summed E-state index contributed by atoms with van der Waals surface area (Å²) in [5, 5.41) is 5.21. The molecule has 4 rings (SSSR count). The van der Waals surface area contributed by atoms with Gasteiger partial charge in [0.2, 0.25) is 0 Å². The lowest BCUT2D eigenvalue weighted by molar-refractivity contribution is 0.102. The van der Waals surface area contributed by atoms with E-state index in [4.69, 9.17) is 0 Å². The van der Waals surface area contributed by atoms with Crippen LogP contribution in [0.1, 0.15) is 30.2 Å². The number of hydrogen-bond acceptors (Lipinski definition) is 2. The quantitative estimate of drug-likeness (QED) is 0.592. The van der Waals surface area contributed by atoms with Crippen LogP contribution in [0.5, 0.6) is 0 Å². The van der Waals surface area contributed by atoms with Crippen molar-refractivity contribution in [1.82, 2.24) is 9.13 Å². The van der Waals surface area contributed by atoms with Crippen molar-refractivity contribution in [1.29, 1.82) is 0 Å². The summed E-state index contributed by atoms with van der Waals surface area (Å²) >= 11 is 0. The minimum absolute atomic E-state index is 0.113. The Hall–Kier alpha value is -3.34. The lowest BCUT2D eigenvalue weighted by Crippen LogP contribution is -2.21. The van der Waals surface area contributed by atoms with Crippen LogP contribution in [0.2, 0.25) is 0 Å². The van der Waals surface area contributed by atoms with Crippen molar-refractivity contribution in [3.8, 4) is 0 Å². The highest BCUT2D eigenvalue weighted by atomic mass is 16.2. The molecule has 0 unspecified atom stereocenters. The third-order valence-electron chi connectivity index (χ3n) is 4.90. The Kier molecular flexibility index (Phi) is 4.07. The van der Waals surface area contributed by atoms with E-state index in [2.05, 4.69) is 23.7 Å². The Bertz CT molecular complexity index is 1230. The number of anilines is 1. The van der Waals surface area contributed by atoms with E-state index < -0.39 is 0 Å². The minimum Gasteiger partial charge on any atom is -0.345 e. The Labute approximate surface area is 156 Å². The lowest BCUT2D eigenvalue weighted by atomic mass is 10.1. The molecular formula is C22H21N3O2. The van der Waals surface area contributed by atoms with Gasteiger partial charge < -0.3 is 14.5 Å². The van der Waals surface area contributed by atoms with Crippen LogP contribution in [0.3, 0.4) is 0 Å². The topological polar surface area (TPSA) is 56.0 Å². The second-order valence-corrected chi connectivity index (χ2v) is 7.01. The number of pyridine rings is 1. The van der Waals surface area contributed by atoms with E-state index >= 15 is 0 Å². The van der Waals surface area contributed by atoms with Crippen molar-refractivity contribution in [3.05, 3.63) is 76.8 Å². The molecule has 0 aliphatic heterocycles. The van der Waals surface area contributed by atoms with Crippen molar-refractivity contribution in [3.63, 3.8) is 0 Å². The van der Waals surface area contributed by atoms with E-state index in [1.54, 1.807) is 25.4 Å². The number of amides is 1. The summed E-state index contributed by atoms with van der Waals surface area (Å²) in [5.74, 6) is -0.230. The lowest BCUT2D eigenvalue weighted by Gasteiger charge is -2.12. The highest BCUT2D eigenvalue weighted by molar-refractivity contribution is 6.14. The van der Waals surface area contributed by atoms with E-state index in [1.807, 2.05) is 42.6 Å². The van der Waals surface area contributed by atoms with E-state index in [9.17, 15) is 9.59 Å². The van der Waals surface area contributed by atoms with Gasteiger partial charge in [-0.3, -0.25) is 9.59 Å². The van der Waals surface area contributed by atoms with Crippen LogP contribution in [0, 0.1) is 0 Å². The molecule has 5 nitrogen and oxygen atoms in total. The molecule has 0 aliphatic carbocycles. The monoisotopic (exact) mass is 359 g/mol. The first-order valence-electron chi connectivity index (χ1n) is 8.96. The second-order valence-electron chi connectivity index (χ2n) is 7.01. The number of aryl methyl sites for hydroxylation is 1. The smallest absolute Gasteiger partial charge is 0.258 e. The van der Waals surface area contributed by atoms with Crippen LogP contribution >= 0.6 is 0 Å². The molecule has 0 fully saturated rings. The van der Waals surface area contributed by atoms with Crippen LogP contribution in [-0.4, -0.2) is 15.0 Å². The van der Waals surface area contributed by atoms with Gasteiger partial charge in [-0.15, -0.1) is 0 Å². The molecule has 0 saturated heterocycles. The molecule has 0 spiro atoms. The minimum atomic E-state index is -0.230. The number of carbonyl (C=O) groups is 1. The molecule has 2 heterocycles. The van der Waals surface area contributed by atoms with Crippen molar-refractivity contribution in [2.75, 3.05) is 5.32 Å². The van der Waals surface area contributed by atoms with Crippen molar-refractivity contribution in [2.24, 2.45) is 7.05 Å². The Morgan fingerprint density at radius 1 is 0.963 bits per heavy atom. The van der Waals surface area contributed by atoms with Gasteiger partial charge >= 0.3 is 0 Å². The van der Waals surface area contributed by atoms with Gasteiger partial charge in [0.05, 0.1) is 16.8 Å².